The maximum atomic E-state index is 11.3. The van der Waals surface area contributed by atoms with Crippen LogP contribution in [0.3, 0.4) is 0 Å². The quantitative estimate of drug-likeness (QED) is 0.764. The third-order valence-electron chi connectivity index (χ3n) is 2.86. The average Bonchev–Trinajstić information content (AvgIpc) is 2.48. The van der Waals surface area contributed by atoms with Gasteiger partial charge in [-0.2, -0.15) is 0 Å². The molecule has 0 aliphatic heterocycles. The first-order valence-corrected chi connectivity index (χ1v) is 5.87. The van der Waals surface area contributed by atoms with Crippen molar-refractivity contribution < 1.29 is 4.79 Å². The van der Waals surface area contributed by atoms with E-state index in [0.717, 1.165) is 6.54 Å². The smallest absolute Gasteiger partial charge is 0.233 e. The molecule has 0 aromatic carbocycles. The van der Waals surface area contributed by atoms with Crippen molar-refractivity contribution >= 4 is 21.8 Å². The molecule has 1 aliphatic rings. The minimum absolute atomic E-state index is 0.0718. The molecule has 1 aliphatic carbocycles. The van der Waals surface area contributed by atoms with Gasteiger partial charge in [0.1, 0.15) is 0 Å². The predicted octanol–water partition coefficient (Wildman–Crippen LogP) is 2.47. The monoisotopic (exact) mass is 247 g/mol. The Morgan fingerprint density at radius 3 is 2.54 bits per heavy atom. The Hall–Kier alpha value is -0.0500. The van der Waals surface area contributed by atoms with Gasteiger partial charge in [0, 0.05) is 6.54 Å². The fourth-order valence-electron chi connectivity index (χ4n) is 1.85. The molecule has 1 rings (SSSR count). The van der Waals surface area contributed by atoms with Gasteiger partial charge in [0.25, 0.3) is 0 Å². The maximum Gasteiger partial charge on any atom is 0.233 e. The lowest BCUT2D eigenvalue weighted by molar-refractivity contribution is -0.120. The molecule has 0 spiro atoms. The zero-order valence-corrected chi connectivity index (χ0v) is 9.99. The normalized spacial score (nSPS) is 22.7. The van der Waals surface area contributed by atoms with E-state index in [1.54, 1.807) is 0 Å². The van der Waals surface area contributed by atoms with Gasteiger partial charge < -0.3 is 5.32 Å². The summed E-state index contributed by atoms with van der Waals surface area (Å²) in [5, 5.41) is 2.98. The summed E-state index contributed by atoms with van der Waals surface area (Å²) < 4.78 is 0. The molecule has 1 unspecified atom stereocenters. The van der Waals surface area contributed by atoms with Gasteiger partial charge in [0.15, 0.2) is 0 Å². The standard InChI is InChI=1S/C10H18BrNO/c1-8(11)9(13)12-7-10(2)5-3-4-6-10/h8H,3-7H2,1-2H3,(H,12,13). The Bertz CT molecular complexity index is 185. The molecule has 1 N–H and O–H groups in total. The number of hydrogen-bond acceptors (Lipinski definition) is 1. The first-order chi connectivity index (χ1) is 6.03. The van der Waals surface area contributed by atoms with E-state index in [1.807, 2.05) is 6.92 Å². The molecule has 3 heteroatoms. The molecule has 0 aromatic rings. The third kappa shape index (κ3) is 3.29. The van der Waals surface area contributed by atoms with Crippen LogP contribution < -0.4 is 5.32 Å². The van der Waals surface area contributed by atoms with Crippen LogP contribution in [0.5, 0.6) is 0 Å². The number of nitrogens with one attached hydrogen (secondary N) is 1. The van der Waals surface area contributed by atoms with Gasteiger partial charge in [0.2, 0.25) is 5.91 Å². The summed E-state index contributed by atoms with van der Waals surface area (Å²) in [6.07, 6.45) is 5.14. The van der Waals surface area contributed by atoms with E-state index in [1.165, 1.54) is 25.7 Å². The Kier molecular flexibility index (Phi) is 3.77. The van der Waals surface area contributed by atoms with Crippen LogP contribution in [-0.4, -0.2) is 17.3 Å². The molecule has 76 valence electrons. The van der Waals surface area contributed by atoms with Gasteiger partial charge in [-0.05, 0) is 25.2 Å². The second kappa shape index (κ2) is 4.45. The van der Waals surface area contributed by atoms with Crippen LogP contribution >= 0.6 is 15.9 Å². The third-order valence-corrected chi connectivity index (χ3v) is 3.28. The van der Waals surface area contributed by atoms with Gasteiger partial charge in [0.05, 0.1) is 4.83 Å². The fourth-order valence-corrected chi connectivity index (χ4v) is 2.01. The lowest BCUT2D eigenvalue weighted by Crippen LogP contribution is -2.37. The topological polar surface area (TPSA) is 29.1 Å². The highest BCUT2D eigenvalue weighted by Crippen LogP contribution is 2.36. The van der Waals surface area contributed by atoms with E-state index < -0.39 is 0 Å². The van der Waals surface area contributed by atoms with Crippen LogP contribution in [0.25, 0.3) is 0 Å². The molecular weight excluding hydrogens is 230 g/mol. The fraction of sp³-hybridized carbons (Fsp3) is 0.900. The minimum Gasteiger partial charge on any atom is -0.355 e. The van der Waals surface area contributed by atoms with Gasteiger partial charge >= 0.3 is 0 Å². The average molecular weight is 248 g/mol. The second-order valence-corrected chi connectivity index (χ2v) is 5.73. The highest BCUT2D eigenvalue weighted by molar-refractivity contribution is 9.10. The van der Waals surface area contributed by atoms with Crippen molar-refractivity contribution in [2.45, 2.75) is 44.4 Å². The number of rotatable bonds is 3. The molecule has 1 saturated carbocycles. The first kappa shape index (κ1) is 11.0. The molecule has 2 nitrogen and oxygen atoms in total. The van der Waals surface area contributed by atoms with E-state index in [9.17, 15) is 4.79 Å². The van der Waals surface area contributed by atoms with Gasteiger partial charge in [-0.1, -0.05) is 35.7 Å². The van der Waals surface area contributed by atoms with E-state index in [4.69, 9.17) is 0 Å². The molecule has 0 heterocycles. The largest absolute Gasteiger partial charge is 0.355 e. The van der Waals surface area contributed by atoms with Crippen molar-refractivity contribution in [3.63, 3.8) is 0 Å². The highest BCUT2D eigenvalue weighted by atomic mass is 79.9. The van der Waals surface area contributed by atoms with E-state index in [2.05, 4.69) is 28.2 Å². The van der Waals surface area contributed by atoms with Crippen molar-refractivity contribution in [3.8, 4) is 0 Å². The lowest BCUT2D eigenvalue weighted by Gasteiger charge is -2.23. The maximum absolute atomic E-state index is 11.3. The molecule has 1 fully saturated rings. The molecule has 0 aromatic heterocycles. The van der Waals surface area contributed by atoms with Crippen LogP contribution in [-0.2, 0) is 4.79 Å². The van der Waals surface area contributed by atoms with Crippen LogP contribution in [0.2, 0.25) is 0 Å². The van der Waals surface area contributed by atoms with E-state index >= 15 is 0 Å². The van der Waals surface area contributed by atoms with Crippen LogP contribution in [0, 0.1) is 5.41 Å². The first-order valence-electron chi connectivity index (χ1n) is 4.95. The van der Waals surface area contributed by atoms with Crippen molar-refractivity contribution in [2.75, 3.05) is 6.54 Å². The summed E-state index contributed by atoms with van der Waals surface area (Å²) in [4.78, 5) is 11.2. The summed E-state index contributed by atoms with van der Waals surface area (Å²) >= 11 is 3.25. The van der Waals surface area contributed by atoms with Crippen LogP contribution in [0.4, 0.5) is 0 Å². The van der Waals surface area contributed by atoms with Crippen LogP contribution in [0.1, 0.15) is 39.5 Å². The number of hydrogen-bond donors (Lipinski definition) is 1. The second-order valence-electron chi connectivity index (χ2n) is 4.35. The Morgan fingerprint density at radius 1 is 1.54 bits per heavy atom. The summed E-state index contributed by atoms with van der Waals surface area (Å²) in [7, 11) is 0. The highest BCUT2D eigenvalue weighted by Gasteiger charge is 2.29. The predicted molar refractivity (Wildman–Crippen MR) is 58.0 cm³/mol. The molecular formula is C10H18BrNO. The molecule has 13 heavy (non-hydrogen) atoms. The lowest BCUT2D eigenvalue weighted by atomic mass is 9.89. The Labute approximate surface area is 88.6 Å². The molecule has 1 amide bonds. The van der Waals surface area contributed by atoms with Crippen molar-refractivity contribution in [2.24, 2.45) is 5.41 Å². The van der Waals surface area contributed by atoms with Gasteiger partial charge in [-0.25, -0.2) is 0 Å². The summed E-state index contributed by atoms with van der Waals surface area (Å²) in [5.41, 5.74) is 0.359. The summed E-state index contributed by atoms with van der Waals surface area (Å²) in [6, 6.07) is 0. The number of carbonyl (C=O) groups excluding carboxylic acids is 1. The Morgan fingerprint density at radius 2 is 2.08 bits per heavy atom. The minimum atomic E-state index is -0.0718. The zero-order valence-electron chi connectivity index (χ0n) is 8.40. The number of carbonyl (C=O) groups is 1. The van der Waals surface area contributed by atoms with E-state index in [-0.39, 0.29) is 10.7 Å². The molecule has 0 saturated heterocycles. The van der Waals surface area contributed by atoms with Gasteiger partial charge in [-0.15, -0.1) is 0 Å². The number of alkyl halides is 1. The Balaban J connectivity index is 2.29. The van der Waals surface area contributed by atoms with Crippen molar-refractivity contribution in [1.82, 2.24) is 5.32 Å². The van der Waals surface area contributed by atoms with Crippen LogP contribution in [0.15, 0.2) is 0 Å². The van der Waals surface area contributed by atoms with E-state index in [0.29, 0.717) is 5.41 Å². The summed E-state index contributed by atoms with van der Waals surface area (Å²) in [5.74, 6) is 0.105. The molecule has 0 bridgehead atoms. The van der Waals surface area contributed by atoms with Gasteiger partial charge in [-0.3, -0.25) is 4.79 Å². The number of halogens is 1. The molecule has 1 atom stereocenters. The SMILES string of the molecule is CC(Br)C(=O)NCC1(C)CCCC1. The number of amides is 1. The van der Waals surface area contributed by atoms with Crippen molar-refractivity contribution in [1.29, 1.82) is 0 Å². The van der Waals surface area contributed by atoms with Crippen molar-refractivity contribution in [3.05, 3.63) is 0 Å². The molecule has 0 radical (unpaired) electrons. The summed E-state index contributed by atoms with van der Waals surface area (Å²) in [6.45, 7) is 4.95. The zero-order chi connectivity index (χ0) is 9.90.